The fourth-order valence-corrected chi connectivity index (χ4v) is 3.36. The summed E-state index contributed by atoms with van der Waals surface area (Å²) in [6.45, 7) is 3.06. The first-order valence-electron chi connectivity index (χ1n) is 8.51. The van der Waals surface area contributed by atoms with Gasteiger partial charge >= 0.3 is 5.97 Å². The highest BCUT2D eigenvalue weighted by molar-refractivity contribution is 5.95. The molecule has 7 heteroatoms. The molecule has 25 heavy (non-hydrogen) atoms. The predicted octanol–water partition coefficient (Wildman–Crippen LogP) is 1.93. The van der Waals surface area contributed by atoms with E-state index in [1.807, 2.05) is 25.3 Å². The van der Waals surface area contributed by atoms with E-state index in [9.17, 15) is 9.59 Å². The molecular weight excluding hydrogens is 322 g/mol. The first kappa shape index (κ1) is 17.3. The summed E-state index contributed by atoms with van der Waals surface area (Å²) in [4.78, 5) is 31.2. The van der Waals surface area contributed by atoms with Crippen LogP contribution in [0, 0.1) is 5.92 Å². The monoisotopic (exact) mass is 345 g/mol. The Morgan fingerprint density at radius 2 is 2.00 bits per heavy atom. The molecule has 0 saturated carbocycles. The second kappa shape index (κ2) is 7.13. The number of pyridine rings is 1. The van der Waals surface area contributed by atoms with Gasteiger partial charge in [0.25, 0.3) is 5.91 Å². The van der Waals surface area contributed by atoms with Gasteiger partial charge in [-0.3, -0.25) is 14.0 Å². The molecule has 0 bridgehead atoms. The van der Waals surface area contributed by atoms with Gasteiger partial charge in [0.15, 0.2) is 11.4 Å². The van der Waals surface area contributed by atoms with E-state index in [-0.39, 0.29) is 17.8 Å². The molecule has 7 nitrogen and oxygen atoms in total. The Morgan fingerprint density at radius 3 is 2.60 bits per heavy atom. The number of likely N-dealkylation sites (tertiary alicyclic amines) is 1. The highest BCUT2D eigenvalue weighted by Crippen LogP contribution is 2.25. The van der Waals surface area contributed by atoms with Gasteiger partial charge < -0.3 is 14.4 Å². The van der Waals surface area contributed by atoms with Crippen molar-refractivity contribution in [3.8, 4) is 5.75 Å². The molecule has 1 saturated heterocycles. The summed E-state index contributed by atoms with van der Waals surface area (Å²) in [5, 5.41) is 0. The van der Waals surface area contributed by atoms with E-state index in [4.69, 9.17) is 9.47 Å². The number of piperidine rings is 1. The predicted molar refractivity (Wildman–Crippen MR) is 91.8 cm³/mol. The first-order chi connectivity index (χ1) is 12.1. The van der Waals surface area contributed by atoms with Crippen molar-refractivity contribution in [2.45, 2.75) is 26.2 Å². The van der Waals surface area contributed by atoms with Crippen molar-refractivity contribution in [3.05, 3.63) is 29.7 Å². The number of esters is 1. The van der Waals surface area contributed by atoms with Gasteiger partial charge in [-0.05, 0) is 31.4 Å². The fourth-order valence-electron chi connectivity index (χ4n) is 3.36. The van der Waals surface area contributed by atoms with Crippen LogP contribution in [0.15, 0.2) is 18.3 Å². The van der Waals surface area contributed by atoms with Gasteiger partial charge in [-0.15, -0.1) is 0 Å². The molecule has 3 heterocycles. The van der Waals surface area contributed by atoms with Crippen LogP contribution in [0.2, 0.25) is 0 Å². The van der Waals surface area contributed by atoms with Crippen molar-refractivity contribution in [3.63, 3.8) is 0 Å². The number of carbonyl (C=O) groups is 2. The lowest BCUT2D eigenvalue weighted by molar-refractivity contribution is -0.146. The molecule has 2 aromatic heterocycles. The van der Waals surface area contributed by atoms with Crippen LogP contribution in [-0.2, 0) is 16.0 Å². The van der Waals surface area contributed by atoms with Crippen LogP contribution in [0.1, 0.15) is 35.9 Å². The second-order valence-corrected chi connectivity index (χ2v) is 6.12. The molecule has 0 unspecified atom stereocenters. The average molecular weight is 345 g/mol. The maximum Gasteiger partial charge on any atom is 0.308 e. The summed E-state index contributed by atoms with van der Waals surface area (Å²) in [7, 11) is 2.99. The number of aryl methyl sites for hydroxylation is 1. The van der Waals surface area contributed by atoms with E-state index in [0.29, 0.717) is 49.4 Å². The number of rotatable bonds is 4. The number of nitrogens with zero attached hydrogens (tertiary/aromatic N) is 3. The third kappa shape index (κ3) is 3.06. The molecule has 1 amide bonds. The van der Waals surface area contributed by atoms with Crippen LogP contribution in [0.25, 0.3) is 5.65 Å². The summed E-state index contributed by atoms with van der Waals surface area (Å²) in [6.07, 6.45) is 3.74. The average Bonchev–Trinajstić information content (AvgIpc) is 3.05. The number of amides is 1. The van der Waals surface area contributed by atoms with Crippen molar-refractivity contribution in [2.75, 3.05) is 27.3 Å². The molecule has 1 fully saturated rings. The van der Waals surface area contributed by atoms with Gasteiger partial charge in [-0.1, -0.05) is 6.92 Å². The number of imidazole rings is 1. The van der Waals surface area contributed by atoms with E-state index in [1.165, 1.54) is 7.11 Å². The zero-order valence-electron chi connectivity index (χ0n) is 14.8. The lowest BCUT2D eigenvalue weighted by atomic mass is 9.97. The van der Waals surface area contributed by atoms with E-state index in [1.54, 1.807) is 16.4 Å². The van der Waals surface area contributed by atoms with Crippen LogP contribution in [0.3, 0.4) is 0 Å². The molecule has 3 rings (SSSR count). The Kier molecular flexibility index (Phi) is 4.92. The Bertz CT molecular complexity index is 791. The maximum absolute atomic E-state index is 13.1. The molecule has 0 atom stereocenters. The first-order valence-corrected chi connectivity index (χ1v) is 8.51. The molecule has 134 valence electrons. The van der Waals surface area contributed by atoms with Crippen molar-refractivity contribution in [1.82, 2.24) is 14.3 Å². The largest absolute Gasteiger partial charge is 0.493 e. The minimum Gasteiger partial charge on any atom is -0.493 e. The number of carbonyl (C=O) groups excluding carboxylic acids is 2. The highest BCUT2D eigenvalue weighted by atomic mass is 16.5. The Hall–Kier alpha value is -2.57. The minimum absolute atomic E-state index is 0.0547. The van der Waals surface area contributed by atoms with Gasteiger partial charge in [0.1, 0.15) is 5.69 Å². The van der Waals surface area contributed by atoms with E-state index >= 15 is 0 Å². The van der Waals surface area contributed by atoms with Gasteiger partial charge in [-0.2, -0.15) is 0 Å². The number of methoxy groups -OCH3 is 2. The number of hydrogen-bond donors (Lipinski definition) is 0. The van der Waals surface area contributed by atoms with Gasteiger partial charge in [0.2, 0.25) is 0 Å². The summed E-state index contributed by atoms with van der Waals surface area (Å²) < 4.78 is 12.0. The molecule has 0 N–H and O–H groups in total. The van der Waals surface area contributed by atoms with Crippen molar-refractivity contribution < 1.29 is 19.1 Å². The molecule has 0 aliphatic carbocycles. The highest BCUT2D eigenvalue weighted by Gasteiger charge is 2.31. The topological polar surface area (TPSA) is 73.1 Å². The SMILES string of the molecule is CCc1nc2c(OC)cccn2c1C(=O)N1CCC(C(=O)OC)CC1. The lowest BCUT2D eigenvalue weighted by Gasteiger charge is -2.30. The zero-order valence-corrected chi connectivity index (χ0v) is 14.8. The Labute approximate surface area is 146 Å². The Balaban J connectivity index is 1.89. The molecule has 2 aromatic rings. The molecular formula is C18H23N3O4. The van der Waals surface area contributed by atoms with Crippen molar-refractivity contribution >= 4 is 17.5 Å². The van der Waals surface area contributed by atoms with Crippen molar-refractivity contribution in [2.24, 2.45) is 5.92 Å². The lowest BCUT2D eigenvalue weighted by Crippen LogP contribution is -2.41. The zero-order chi connectivity index (χ0) is 18.0. The molecule has 0 spiro atoms. The summed E-state index contributed by atoms with van der Waals surface area (Å²) in [5.41, 5.74) is 1.98. The number of aromatic nitrogens is 2. The van der Waals surface area contributed by atoms with E-state index in [2.05, 4.69) is 4.98 Å². The van der Waals surface area contributed by atoms with Gasteiger partial charge in [-0.25, -0.2) is 4.98 Å². The molecule has 0 aromatic carbocycles. The molecule has 0 radical (unpaired) electrons. The summed E-state index contributed by atoms with van der Waals surface area (Å²) >= 11 is 0. The normalized spacial score (nSPS) is 15.4. The standard InChI is InChI=1S/C18H23N3O4/c1-4-13-15(21-9-5-6-14(24-2)16(21)19-13)17(22)20-10-7-12(8-11-20)18(23)25-3/h5-6,9,12H,4,7-8,10-11H2,1-3H3. The van der Waals surface area contributed by atoms with E-state index in [0.717, 1.165) is 5.69 Å². The number of ether oxygens (including phenoxy) is 2. The number of fused-ring (bicyclic) bond motifs is 1. The fraction of sp³-hybridized carbons (Fsp3) is 0.500. The summed E-state index contributed by atoms with van der Waals surface area (Å²) in [5.74, 6) is 0.268. The van der Waals surface area contributed by atoms with Crippen molar-refractivity contribution in [1.29, 1.82) is 0 Å². The molecule has 1 aliphatic rings. The smallest absolute Gasteiger partial charge is 0.308 e. The van der Waals surface area contributed by atoms with Crippen LogP contribution in [0.5, 0.6) is 5.75 Å². The minimum atomic E-state index is -0.194. The second-order valence-electron chi connectivity index (χ2n) is 6.12. The van der Waals surface area contributed by atoms with Crippen LogP contribution < -0.4 is 4.74 Å². The third-order valence-electron chi connectivity index (χ3n) is 4.76. The van der Waals surface area contributed by atoms with E-state index < -0.39 is 0 Å². The third-order valence-corrected chi connectivity index (χ3v) is 4.76. The summed E-state index contributed by atoms with van der Waals surface area (Å²) in [6, 6.07) is 3.67. The van der Waals surface area contributed by atoms with Crippen LogP contribution in [0.4, 0.5) is 0 Å². The Morgan fingerprint density at radius 1 is 1.28 bits per heavy atom. The number of hydrogen-bond acceptors (Lipinski definition) is 5. The molecule has 1 aliphatic heterocycles. The van der Waals surface area contributed by atoms with Gasteiger partial charge in [0.05, 0.1) is 25.8 Å². The maximum atomic E-state index is 13.1. The van der Waals surface area contributed by atoms with Crippen LogP contribution in [-0.4, -0.2) is 53.5 Å². The van der Waals surface area contributed by atoms with Gasteiger partial charge in [0, 0.05) is 19.3 Å². The quantitative estimate of drug-likeness (QED) is 0.792. The van der Waals surface area contributed by atoms with Crippen LogP contribution >= 0.6 is 0 Å².